The molecule has 0 saturated carbocycles. The Hall–Kier alpha value is 0.327. The van der Waals surface area contributed by atoms with Gasteiger partial charge in [-0.1, -0.05) is 51.4 Å². The quantitative estimate of drug-likeness (QED) is 0.311. The van der Waals surface area contributed by atoms with E-state index >= 15 is 0 Å². The van der Waals surface area contributed by atoms with E-state index in [4.69, 9.17) is 14.2 Å². The first kappa shape index (κ1) is 18.3. The fourth-order valence-corrected chi connectivity index (χ4v) is 3.46. The molecule has 0 atom stereocenters. The molecule has 0 aromatic heterocycles. The van der Waals surface area contributed by atoms with Crippen molar-refractivity contribution in [2.75, 3.05) is 13.3 Å². The van der Waals surface area contributed by atoms with E-state index < -0.39 is 7.60 Å². The Morgan fingerprint density at radius 1 is 0.889 bits per heavy atom. The van der Waals surface area contributed by atoms with Crippen molar-refractivity contribution in [1.82, 2.24) is 0 Å². The highest BCUT2D eigenvalue weighted by Crippen LogP contribution is 2.35. The van der Waals surface area contributed by atoms with Crippen molar-refractivity contribution in [2.45, 2.75) is 63.8 Å². The predicted molar refractivity (Wildman–Crippen MR) is 78.8 cm³/mol. The van der Waals surface area contributed by atoms with Crippen molar-refractivity contribution >= 4 is 17.4 Å². The van der Waals surface area contributed by atoms with Gasteiger partial charge >= 0.3 is 7.60 Å². The summed E-state index contributed by atoms with van der Waals surface area (Å²) in [4.78, 5) is 17.4. The third-order valence-corrected chi connectivity index (χ3v) is 5.14. The van der Waals surface area contributed by atoms with Crippen molar-refractivity contribution < 1.29 is 18.8 Å². The molecule has 0 radical (unpaired) electrons. The van der Waals surface area contributed by atoms with Crippen molar-refractivity contribution in [2.24, 2.45) is 0 Å². The maximum Gasteiger partial charge on any atom is 0.325 e. The first-order chi connectivity index (χ1) is 8.56. The second kappa shape index (κ2) is 12.4. The van der Waals surface area contributed by atoms with E-state index in [-0.39, 0.29) is 15.9 Å². The van der Waals surface area contributed by atoms with Gasteiger partial charge in [-0.15, -0.1) is 0 Å². The monoisotopic (exact) mass is 296 g/mol. The summed E-state index contributed by atoms with van der Waals surface area (Å²) in [5.41, 5.74) is 0. The SMILES string of the molecule is CO[SiH2]CCCCCCCCCCCP(=O)(O)O. The van der Waals surface area contributed by atoms with E-state index in [2.05, 4.69) is 0 Å². The van der Waals surface area contributed by atoms with Crippen molar-refractivity contribution in [3.8, 4) is 0 Å². The van der Waals surface area contributed by atoms with Crippen LogP contribution in [0.3, 0.4) is 0 Å². The molecule has 0 aliphatic carbocycles. The molecule has 0 rings (SSSR count). The molecule has 0 saturated heterocycles. The van der Waals surface area contributed by atoms with Crippen LogP contribution < -0.4 is 0 Å². The summed E-state index contributed by atoms with van der Waals surface area (Å²) in [6.45, 7) is 0. The molecule has 0 amide bonds. The molecule has 0 fully saturated rings. The van der Waals surface area contributed by atoms with E-state index in [0.29, 0.717) is 6.42 Å². The summed E-state index contributed by atoms with van der Waals surface area (Å²) >= 11 is 0. The second-order valence-electron chi connectivity index (χ2n) is 4.92. The van der Waals surface area contributed by atoms with Gasteiger partial charge in [0, 0.05) is 13.3 Å². The van der Waals surface area contributed by atoms with Crippen molar-refractivity contribution in [3.63, 3.8) is 0 Å². The fraction of sp³-hybridized carbons (Fsp3) is 1.00. The highest BCUT2D eigenvalue weighted by Gasteiger charge is 2.10. The number of hydrogen-bond acceptors (Lipinski definition) is 2. The van der Waals surface area contributed by atoms with Crippen LogP contribution in [0.25, 0.3) is 0 Å². The van der Waals surface area contributed by atoms with Crippen molar-refractivity contribution in [3.05, 3.63) is 0 Å². The standard InChI is InChI=1S/C12H29O4PSi/c1-16-18-12-10-8-6-4-2-3-5-7-9-11-17(13,14)15/h2-12,18H2,1H3,(H2,13,14,15). The zero-order valence-corrected chi connectivity index (χ0v) is 14.0. The Labute approximate surface area is 114 Å². The van der Waals surface area contributed by atoms with Gasteiger partial charge in [0.1, 0.15) is 0 Å². The largest absolute Gasteiger partial charge is 0.427 e. The summed E-state index contributed by atoms with van der Waals surface area (Å²) in [5.74, 6) is 0. The maximum absolute atomic E-state index is 10.6. The summed E-state index contributed by atoms with van der Waals surface area (Å²) in [7, 11) is -2.16. The van der Waals surface area contributed by atoms with Crippen LogP contribution in [0.2, 0.25) is 6.04 Å². The zero-order chi connectivity index (χ0) is 13.7. The minimum absolute atomic E-state index is 0.0520. The number of unbranched alkanes of at least 4 members (excludes halogenated alkanes) is 8. The van der Waals surface area contributed by atoms with E-state index in [1.165, 1.54) is 44.6 Å². The lowest BCUT2D eigenvalue weighted by Gasteiger charge is -2.04. The third kappa shape index (κ3) is 16.3. The first-order valence-corrected chi connectivity index (χ1v) is 10.5. The Kier molecular flexibility index (Phi) is 12.6. The topological polar surface area (TPSA) is 66.8 Å². The van der Waals surface area contributed by atoms with Crippen LogP contribution in [0.15, 0.2) is 0 Å². The molecule has 2 N–H and O–H groups in total. The lowest BCUT2D eigenvalue weighted by Crippen LogP contribution is -1.92. The van der Waals surface area contributed by atoms with E-state index in [9.17, 15) is 4.57 Å². The highest BCUT2D eigenvalue weighted by molar-refractivity contribution is 7.51. The van der Waals surface area contributed by atoms with Gasteiger partial charge in [-0.3, -0.25) is 4.57 Å². The van der Waals surface area contributed by atoms with Crippen LogP contribution in [0.5, 0.6) is 0 Å². The van der Waals surface area contributed by atoms with Crippen LogP contribution in [-0.4, -0.2) is 32.8 Å². The lowest BCUT2D eigenvalue weighted by atomic mass is 10.1. The second-order valence-corrected chi connectivity index (χ2v) is 8.39. The molecule has 0 aromatic carbocycles. The van der Waals surface area contributed by atoms with Gasteiger partial charge < -0.3 is 14.2 Å². The molecule has 18 heavy (non-hydrogen) atoms. The first-order valence-electron chi connectivity index (χ1n) is 7.10. The molecular weight excluding hydrogens is 267 g/mol. The average molecular weight is 296 g/mol. The Bertz CT molecular complexity index is 220. The van der Waals surface area contributed by atoms with Crippen LogP contribution >= 0.6 is 7.60 Å². The van der Waals surface area contributed by atoms with Gasteiger partial charge in [0.25, 0.3) is 0 Å². The maximum atomic E-state index is 10.6. The van der Waals surface area contributed by atoms with Gasteiger partial charge in [-0.25, -0.2) is 0 Å². The normalized spacial score (nSPS) is 12.6. The Balaban J connectivity index is 3.01. The van der Waals surface area contributed by atoms with Crippen LogP contribution in [0.1, 0.15) is 57.8 Å². The molecule has 0 heterocycles. The summed E-state index contributed by atoms with van der Waals surface area (Å²) < 4.78 is 15.7. The van der Waals surface area contributed by atoms with Crippen LogP contribution in [-0.2, 0) is 8.99 Å². The molecule has 0 unspecified atom stereocenters. The van der Waals surface area contributed by atoms with Gasteiger partial charge in [-0.05, 0) is 12.5 Å². The Morgan fingerprint density at radius 3 is 1.78 bits per heavy atom. The fourth-order valence-electron chi connectivity index (χ4n) is 1.98. The molecule has 110 valence electrons. The molecule has 6 heteroatoms. The molecule has 0 aliphatic heterocycles. The van der Waals surface area contributed by atoms with Crippen LogP contribution in [0, 0.1) is 0 Å². The summed E-state index contributed by atoms with van der Waals surface area (Å²) in [5, 5.41) is 0. The molecular formula is C12H29O4PSi. The van der Waals surface area contributed by atoms with Gasteiger partial charge in [-0.2, -0.15) is 0 Å². The highest BCUT2D eigenvalue weighted by atomic mass is 31.2. The smallest absolute Gasteiger partial charge is 0.325 e. The zero-order valence-electron chi connectivity index (χ0n) is 11.6. The van der Waals surface area contributed by atoms with Gasteiger partial charge in [0.15, 0.2) is 9.76 Å². The molecule has 0 bridgehead atoms. The van der Waals surface area contributed by atoms with Gasteiger partial charge in [0.05, 0.1) is 0 Å². The third-order valence-electron chi connectivity index (χ3n) is 3.05. The van der Waals surface area contributed by atoms with Crippen LogP contribution in [0.4, 0.5) is 0 Å². The average Bonchev–Trinajstić information content (AvgIpc) is 2.29. The molecule has 0 spiro atoms. The minimum atomic E-state index is -3.75. The number of hydrogen-bond donors (Lipinski definition) is 2. The molecule has 0 aromatic rings. The number of rotatable bonds is 13. The lowest BCUT2D eigenvalue weighted by molar-refractivity contribution is 0.370. The van der Waals surface area contributed by atoms with Crippen molar-refractivity contribution in [1.29, 1.82) is 0 Å². The summed E-state index contributed by atoms with van der Waals surface area (Å²) in [6.07, 6.45) is 10.5. The molecule has 4 nitrogen and oxygen atoms in total. The van der Waals surface area contributed by atoms with E-state index in [1.807, 2.05) is 0 Å². The minimum Gasteiger partial charge on any atom is -0.427 e. The van der Waals surface area contributed by atoms with E-state index in [1.54, 1.807) is 7.11 Å². The molecule has 0 aliphatic rings. The predicted octanol–water partition coefficient (Wildman–Crippen LogP) is 2.82. The summed E-state index contributed by atoms with van der Waals surface area (Å²) in [6, 6.07) is 1.30. The Morgan fingerprint density at radius 2 is 1.33 bits per heavy atom. The van der Waals surface area contributed by atoms with E-state index in [0.717, 1.165) is 12.8 Å². The van der Waals surface area contributed by atoms with Gasteiger partial charge in [0.2, 0.25) is 0 Å².